The highest BCUT2D eigenvalue weighted by Gasteiger charge is 2.25. The van der Waals surface area contributed by atoms with E-state index in [9.17, 15) is 9.59 Å². The molecule has 0 fully saturated rings. The third kappa shape index (κ3) is 4.45. The second kappa shape index (κ2) is 8.43. The molecular formula is C22H27N5O2. The molecular weight excluding hydrogens is 366 g/mol. The summed E-state index contributed by atoms with van der Waals surface area (Å²) in [5.74, 6) is -1.02. The van der Waals surface area contributed by atoms with Crippen LogP contribution in [0.5, 0.6) is 0 Å². The molecule has 1 unspecified atom stereocenters. The summed E-state index contributed by atoms with van der Waals surface area (Å²) in [5.41, 5.74) is 4.46. The summed E-state index contributed by atoms with van der Waals surface area (Å²) in [6, 6.07) is 11.6. The molecule has 2 aromatic heterocycles. The fraction of sp³-hybridized carbons (Fsp3) is 0.364. The van der Waals surface area contributed by atoms with E-state index >= 15 is 0 Å². The summed E-state index contributed by atoms with van der Waals surface area (Å²) in [6.45, 7) is 10.6. The molecule has 0 aliphatic rings. The van der Waals surface area contributed by atoms with Crippen LogP contribution in [-0.2, 0) is 11.3 Å². The molecule has 1 N–H and O–H groups in total. The van der Waals surface area contributed by atoms with Gasteiger partial charge in [0, 0.05) is 18.8 Å². The summed E-state index contributed by atoms with van der Waals surface area (Å²) < 4.78 is 3.62. The highest BCUT2D eigenvalue weighted by molar-refractivity contribution is 6.43. The van der Waals surface area contributed by atoms with Gasteiger partial charge in [0.2, 0.25) is 0 Å². The predicted octanol–water partition coefficient (Wildman–Crippen LogP) is 2.94. The van der Waals surface area contributed by atoms with Crippen LogP contribution in [0.15, 0.2) is 36.4 Å². The molecule has 0 aliphatic carbocycles. The first-order chi connectivity index (χ1) is 13.8. The zero-order chi connectivity index (χ0) is 21.1. The van der Waals surface area contributed by atoms with Crippen LogP contribution in [0, 0.1) is 33.6 Å². The number of carbonyl (C=O) groups is 2. The van der Waals surface area contributed by atoms with Crippen molar-refractivity contribution in [2.45, 2.75) is 41.2 Å². The minimum absolute atomic E-state index is 0.138. The molecule has 0 aliphatic heterocycles. The average Bonchev–Trinajstić information content (AvgIpc) is 3.17. The van der Waals surface area contributed by atoms with E-state index in [0.717, 1.165) is 17.1 Å². The van der Waals surface area contributed by atoms with E-state index in [1.807, 2.05) is 61.9 Å². The zero-order valence-electron chi connectivity index (χ0n) is 17.6. The van der Waals surface area contributed by atoms with Crippen molar-refractivity contribution in [1.82, 2.24) is 24.9 Å². The van der Waals surface area contributed by atoms with Crippen molar-refractivity contribution in [3.05, 3.63) is 64.7 Å². The van der Waals surface area contributed by atoms with Crippen LogP contribution in [0.2, 0.25) is 0 Å². The molecule has 3 rings (SSSR count). The Labute approximate surface area is 170 Å². The molecule has 1 aromatic carbocycles. The Bertz CT molecular complexity index is 1030. The van der Waals surface area contributed by atoms with Gasteiger partial charge in [0.15, 0.2) is 0 Å². The molecule has 0 bridgehead atoms. The van der Waals surface area contributed by atoms with E-state index in [1.165, 1.54) is 0 Å². The molecule has 29 heavy (non-hydrogen) atoms. The second-order valence-corrected chi connectivity index (χ2v) is 7.55. The molecule has 3 aromatic rings. The van der Waals surface area contributed by atoms with E-state index in [0.29, 0.717) is 30.0 Å². The van der Waals surface area contributed by atoms with E-state index in [1.54, 1.807) is 18.5 Å². The minimum atomic E-state index is -0.607. The quantitative estimate of drug-likeness (QED) is 0.494. The topological polar surface area (TPSA) is 81.8 Å². The number of hydrogen-bond donors (Lipinski definition) is 1. The second-order valence-electron chi connectivity index (χ2n) is 7.55. The van der Waals surface area contributed by atoms with Gasteiger partial charge in [-0.05, 0) is 51.8 Å². The standard InChI is InChI=1S/C22H27N5O2/c1-14(13-26-16(3)11-15(2)24-26)12-23-22(29)21(28)20-17(4)25-27(18(20)5)19-9-7-6-8-10-19/h6-11,14H,12-13H2,1-5H3,(H,23,29). The lowest BCUT2D eigenvalue weighted by Crippen LogP contribution is -2.35. The van der Waals surface area contributed by atoms with E-state index in [4.69, 9.17) is 0 Å². The molecule has 152 valence electrons. The number of benzene rings is 1. The normalized spacial score (nSPS) is 12.0. The van der Waals surface area contributed by atoms with Crippen molar-refractivity contribution in [3.8, 4) is 5.69 Å². The number of aromatic nitrogens is 4. The number of rotatable bonds is 7. The van der Waals surface area contributed by atoms with Gasteiger partial charge < -0.3 is 5.32 Å². The molecule has 7 heteroatoms. The smallest absolute Gasteiger partial charge is 0.292 e. The maximum absolute atomic E-state index is 12.8. The van der Waals surface area contributed by atoms with Crippen LogP contribution in [0.25, 0.3) is 5.69 Å². The molecule has 2 heterocycles. The van der Waals surface area contributed by atoms with Crippen LogP contribution in [0.4, 0.5) is 0 Å². The Balaban J connectivity index is 1.67. The van der Waals surface area contributed by atoms with Crippen LogP contribution < -0.4 is 5.32 Å². The van der Waals surface area contributed by atoms with Crippen molar-refractivity contribution in [2.24, 2.45) is 5.92 Å². The Hall–Kier alpha value is -3.22. The predicted molar refractivity (Wildman–Crippen MR) is 111 cm³/mol. The van der Waals surface area contributed by atoms with Crippen molar-refractivity contribution >= 4 is 11.7 Å². The molecule has 0 saturated heterocycles. The number of nitrogens with zero attached hydrogens (tertiary/aromatic N) is 4. The summed E-state index contributed by atoms with van der Waals surface area (Å²) in [5, 5.41) is 11.7. The number of Topliss-reactive ketones (excluding diaryl/α,β-unsaturated/α-hetero) is 1. The van der Waals surface area contributed by atoms with Crippen LogP contribution in [-0.4, -0.2) is 37.8 Å². The SMILES string of the molecule is Cc1cc(C)n(CC(C)CNC(=O)C(=O)c2c(C)nn(-c3ccccc3)c2C)n1. The Kier molecular flexibility index (Phi) is 5.96. The first-order valence-corrected chi connectivity index (χ1v) is 9.73. The lowest BCUT2D eigenvalue weighted by Gasteiger charge is -2.13. The fourth-order valence-corrected chi connectivity index (χ4v) is 3.47. The minimum Gasteiger partial charge on any atom is -0.349 e. The lowest BCUT2D eigenvalue weighted by atomic mass is 10.1. The molecule has 1 amide bonds. The highest BCUT2D eigenvalue weighted by atomic mass is 16.2. The van der Waals surface area contributed by atoms with Crippen LogP contribution >= 0.6 is 0 Å². The number of amides is 1. The first-order valence-electron chi connectivity index (χ1n) is 9.73. The fourth-order valence-electron chi connectivity index (χ4n) is 3.47. The van der Waals surface area contributed by atoms with Gasteiger partial charge in [-0.1, -0.05) is 25.1 Å². The van der Waals surface area contributed by atoms with E-state index in [2.05, 4.69) is 15.5 Å². The number of para-hydroxylation sites is 1. The summed E-state index contributed by atoms with van der Waals surface area (Å²) in [7, 11) is 0. The van der Waals surface area contributed by atoms with Crippen LogP contribution in [0.3, 0.4) is 0 Å². The molecule has 7 nitrogen and oxygen atoms in total. The molecule has 0 spiro atoms. The van der Waals surface area contributed by atoms with Gasteiger partial charge in [0.1, 0.15) is 0 Å². The monoisotopic (exact) mass is 393 g/mol. The third-order valence-corrected chi connectivity index (χ3v) is 4.92. The van der Waals surface area contributed by atoms with Gasteiger partial charge in [-0.15, -0.1) is 0 Å². The van der Waals surface area contributed by atoms with Crippen molar-refractivity contribution in [3.63, 3.8) is 0 Å². The van der Waals surface area contributed by atoms with Crippen molar-refractivity contribution in [2.75, 3.05) is 6.54 Å². The molecule has 0 radical (unpaired) electrons. The average molecular weight is 393 g/mol. The molecule has 0 saturated carbocycles. The number of aryl methyl sites for hydroxylation is 3. The van der Waals surface area contributed by atoms with E-state index in [-0.39, 0.29) is 5.92 Å². The Morgan fingerprint density at radius 3 is 2.38 bits per heavy atom. The number of ketones is 1. The summed E-state index contributed by atoms with van der Waals surface area (Å²) in [4.78, 5) is 25.3. The van der Waals surface area contributed by atoms with Gasteiger partial charge in [-0.3, -0.25) is 14.3 Å². The third-order valence-electron chi connectivity index (χ3n) is 4.92. The Morgan fingerprint density at radius 1 is 1.07 bits per heavy atom. The van der Waals surface area contributed by atoms with Crippen molar-refractivity contribution < 1.29 is 9.59 Å². The Morgan fingerprint density at radius 2 is 1.76 bits per heavy atom. The maximum atomic E-state index is 12.8. The maximum Gasteiger partial charge on any atom is 0.292 e. The summed E-state index contributed by atoms with van der Waals surface area (Å²) in [6.07, 6.45) is 0. The van der Waals surface area contributed by atoms with Gasteiger partial charge in [-0.2, -0.15) is 10.2 Å². The number of hydrogen-bond acceptors (Lipinski definition) is 4. The van der Waals surface area contributed by atoms with Crippen LogP contribution in [0.1, 0.15) is 40.1 Å². The highest BCUT2D eigenvalue weighted by Crippen LogP contribution is 2.18. The zero-order valence-corrected chi connectivity index (χ0v) is 17.6. The lowest BCUT2D eigenvalue weighted by molar-refractivity contribution is -0.117. The van der Waals surface area contributed by atoms with Crippen molar-refractivity contribution in [1.29, 1.82) is 0 Å². The number of nitrogens with one attached hydrogen (secondary N) is 1. The molecule has 1 atom stereocenters. The first kappa shape index (κ1) is 20.5. The van der Waals surface area contributed by atoms with Gasteiger partial charge >= 0.3 is 0 Å². The summed E-state index contributed by atoms with van der Waals surface area (Å²) >= 11 is 0. The largest absolute Gasteiger partial charge is 0.349 e. The number of carbonyl (C=O) groups excluding carboxylic acids is 2. The van der Waals surface area contributed by atoms with E-state index < -0.39 is 11.7 Å². The van der Waals surface area contributed by atoms with Gasteiger partial charge in [0.25, 0.3) is 11.7 Å². The van der Waals surface area contributed by atoms with Gasteiger partial charge in [0.05, 0.1) is 28.3 Å². The van der Waals surface area contributed by atoms with Gasteiger partial charge in [-0.25, -0.2) is 4.68 Å².